The number of para-hydroxylation sites is 1. The second-order valence-corrected chi connectivity index (χ2v) is 4.71. The zero-order valence-electron chi connectivity index (χ0n) is 9.77. The second kappa shape index (κ2) is 4.26. The fourth-order valence-corrected chi connectivity index (χ4v) is 2.10. The maximum atomic E-state index is 11.0. The Morgan fingerprint density at radius 3 is 2.81 bits per heavy atom. The van der Waals surface area contributed by atoms with Gasteiger partial charge in [0.1, 0.15) is 0 Å². The Kier molecular flexibility index (Phi) is 2.97. The minimum Gasteiger partial charge on any atom is -0.372 e. The number of rotatable bonds is 2. The molecule has 1 aromatic rings. The molecule has 1 aliphatic heterocycles. The standard InChI is InChI=1S/C13H17NO2/c1-13(2)10-14(7-8-16-13)12-6-4-3-5-11(12)9-15/h3-6,9H,7-8,10H2,1-2H3. The van der Waals surface area contributed by atoms with E-state index in [0.29, 0.717) is 6.61 Å². The van der Waals surface area contributed by atoms with E-state index in [4.69, 9.17) is 4.74 Å². The van der Waals surface area contributed by atoms with Crippen molar-refractivity contribution in [3.8, 4) is 0 Å². The number of benzene rings is 1. The van der Waals surface area contributed by atoms with Gasteiger partial charge in [0.05, 0.1) is 12.2 Å². The van der Waals surface area contributed by atoms with Gasteiger partial charge in [-0.25, -0.2) is 0 Å². The number of hydrogen-bond donors (Lipinski definition) is 0. The lowest BCUT2D eigenvalue weighted by Crippen LogP contribution is -2.48. The van der Waals surface area contributed by atoms with Crippen molar-refractivity contribution in [2.24, 2.45) is 0 Å². The lowest BCUT2D eigenvalue weighted by Gasteiger charge is -2.39. The van der Waals surface area contributed by atoms with Crippen LogP contribution in [0.2, 0.25) is 0 Å². The molecule has 1 aliphatic rings. The van der Waals surface area contributed by atoms with E-state index in [-0.39, 0.29) is 5.60 Å². The Hall–Kier alpha value is -1.35. The highest BCUT2D eigenvalue weighted by molar-refractivity contribution is 5.84. The summed E-state index contributed by atoms with van der Waals surface area (Å²) in [6.45, 7) is 6.51. The molecule has 0 aliphatic carbocycles. The zero-order valence-corrected chi connectivity index (χ0v) is 9.77. The topological polar surface area (TPSA) is 29.5 Å². The fourth-order valence-electron chi connectivity index (χ4n) is 2.10. The summed E-state index contributed by atoms with van der Waals surface area (Å²) in [6, 6.07) is 7.69. The molecule has 0 saturated carbocycles. The number of carbonyl (C=O) groups excluding carboxylic acids is 1. The van der Waals surface area contributed by atoms with Crippen LogP contribution in [-0.2, 0) is 4.74 Å². The number of hydrogen-bond acceptors (Lipinski definition) is 3. The van der Waals surface area contributed by atoms with Gasteiger partial charge in [-0.1, -0.05) is 12.1 Å². The maximum Gasteiger partial charge on any atom is 0.152 e. The maximum absolute atomic E-state index is 11.0. The Morgan fingerprint density at radius 1 is 1.38 bits per heavy atom. The van der Waals surface area contributed by atoms with Crippen molar-refractivity contribution in [3.63, 3.8) is 0 Å². The number of aldehydes is 1. The van der Waals surface area contributed by atoms with E-state index in [2.05, 4.69) is 18.7 Å². The molecule has 1 heterocycles. The molecule has 1 fully saturated rings. The first-order valence-corrected chi connectivity index (χ1v) is 5.55. The number of ether oxygens (including phenoxy) is 1. The SMILES string of the molecule is CC1(C)CN(c2ccccc2C=O)CCO1. The molecule has 0 N–H and O–H groups in total. The summed E-state index contributed by atoms with van der Waals surface area (Å²) in [5, 5.41) is 0. The largest absolute Gasteiger partial charge is 0.372 e. The summed E-state index contributed by atoms with van der Waals surface area (Å²) in [6.07, 6.45) is 0.914. The van der Waals surface area contributed by atoms with Crippen LogP contribution >= 0.6 is 0 Å². The third kappa shape index (κ3) is 2.25. The Morgan fingerprint density at radius 2 is 2.12 bits per heavy atom. The molecule has 86 valence electrons. The number of carbonyl (C=O) groups is 1. The number of anilines is 1. The van der Waals surface area contributed by atoms with Crippen molar-refractivity contribution in [2.75, 3.05) is 24.6 Å². The zero-order chi connectivity index (χ0) is 11.6. The van der Waals surface area contributed by atoms with E-state index in [9.17, 15) is 4.79 Å². The van der Waals surface area contributed by atoms with E-state index in [1.54, 1.807) is 0 Å². The summed E-state index contributed by atoms with van der Waals surface area (Å²) < 4.78 is 5.66. The molecule has 0 unspecified atom stereocenters. The van der Waals surface area contributed by atoms with Crippen molar-refractivity contribution in [1.29, 1.82) is 0 Å². The van der Waals surface area contributed by atoms with Gasteiger partial charge in [-0.15, -0.1) is 0 Å². The van der Waals surface area contributed by atoms with Crippen molar-refractivity contribution >= 4 is 12.0 Å². The van der Waals surface area contributed by atoms with Crippen molar-refractivity contribution in [3.05, 3.63) is 29.8 Å². The van der Waals surface area contributed by atoms with E-state index < -0.39 is 0 Å². The van der Waals surface area contributed by atoms with Gasteiger partial charge in [0, 0.05) is 24.3 Å². The fraction of sp³-hybridized carbons (Fsp3) is 0.462. The molecule has 1 saturated heterocycles. The molecule has 0 atom stereocenters. The lowest BCUT2D eigenvalue weighted by molar-refractivity contribution is -0.0277. The monoisotopic (exact) mass is 219 g/mol. The summed E-state index contributed by atoms with van der Waals surface area (Å²) >= 11 is 0. The first-order chi connectivity index (χ1) is 7.62. The van der Waals surface area contributed by atoms with Crippen LogP contribution in [0.3, 0.4) is 0 Å². The first-order valence-electron chi connectivity index (χ1n) is 5.55. The summed E-state index contributed by atoms with van der Waals surface area (Å²) in [7, 11) is 0. The predicted molar refractivity (Wildman–Crippen MR) is 64.1 cm³/mol. The molecular weight excluding hydrogens is 202 g/mol. The lowest BCUT2D eigenvalue weighted by atomic mass is 10.1. The molecule has 0 bridgehead atoms. The second-order valence-electron chi connectivity index (χ2n) is 4.71. The average molecular weight is 219 g/mol. The van der Waals surface area contributed by atoms with E-state index in [1.165, 1.54) is 0 Å². The Balaban J connectivity index is 2.26. The van der Waals surface area contributed by atoms with Gasteiger partial charge < -0.3 is 9.64 Å². The summed E-state index contributed by atoms with van der Waals surface area (Å²) in [4.78, 5) is 13.2. The minimum absolute atomic E-state index is 0.145. The molecule has 3 heteroatoms. The van der Waals surface area contributed by atoms with Gasteiger partial charge in [-0.3, -0.25) is 4.79 Å². The summed E-state index contributed by atoms with van der Waals surface area (Å²) in [5.74, 6) is 0. The van der Waals surface area contributed by atoms with E-state index in [0.717, 1.165) is 30.6 Å². The van der Waals surface area contributed by atoms with Crippen LogP contribution in [-0.4, -0.2) is 31.6 Å². The average Bonchev–Trinajstić information content (AvgIpc) is 2.27. The number of nitrogens with zero attached hydrogens (tertiary/aromatic N) is 1. The predicted octanol–water partition coefficient (Wildman–Crippen LogP) is 2.11. The molecule has 1 aromatic carbocycles. The van der Waals surface area contributed by atoms with E-state index >= 15 is 0 Å². The smallest absolute Gasteiger partial charge is 0.152 e. The Bertz CT molecular complexity index is 387. The van der Waals surface area contributed by atoms with Crippen LogP contribution in [0.25, 0.3) is 0 Å². The molecule has 16 heavy (non-hydrogen) atoms. The van der Waals surface area contributed by atoms with Crippen LogP contribution in [0.1, 0.15) is 24.2 Å². The van der Waals surface area contributed by atoms with Crippen LogP contribution < -0.4 is 4.90 Å². The van der Waals surface area contributed by atoms with Gasteiger partial charge >= 0.3 is 0 Å². The molecule has 0 radical (unpaired) electrons. The van der Waals surface area contributed by atoms with E-state index in [1.807, 2.05) is 24.3 Å². The Labute approximate surface area is 96.0 Å². The van der Waals surface area contributed by atoms with Gasteiger partial charge in [0.2, 0.25) is 0 Å². The number of morpholine rings is 1. The normalized spacial score (nSPS) is 19.5. The highest BCUT2D eigenvalue weighted by Crippen LogP contribution is 2.25. The van der Waals surface area contributed by atoms with Crippen LogP contribution in [0, 0.1) is 0 Å². The van der Waals surface area contributed by atoms with Crippen LogP contribution in [0.4, 0.5) is 5.69 Å². The molecule has 0 aromatic heterocycles. The van der Waals surface area contributed by atoms with Gasteiger partial charge in [-0.05, 0) is 26.0 Å². The van der Waals surface area contributed by atoms with Crippen molar-refractivity contribution < 1.29 is 9.53 Å². The first kappa shape index (κ1) is 11.1. The van der Waals surface area contributed by atoms with Crippen LogP contribution in [0.5, 0.6) is 0 Å². The van der Waals surface area contributed by atoms with Gasteiger partial charge in [0.25, 0.3) is 0 Å². The summed E-state index contributed by atoms with van der Waals surface area (Å²) in [5.41, 5.74) is 1.61. The molecule has 2 rings (SSSR count). The third-order valence-electron chi connectivity index (χ3n) is 2.83. The van der Waals surface area contributed by atoms with Crippen molar-refractivity contribution in [1.82, 2.24) is 0 Å². The highest BCUT2D eigenvalue weighted by Gasteiger charge is 2.28. The molecule has 0 spiro atoms. The van der Waals surface area contributed by atoms with Gasteiger partial charge in [-0.2, -0.15) is 0 Å². The molecule has 0 amide bonds. The minimum atomic E-state index is -0.145. The van der Waals surface area contributed by atoms with Crippen molar-refractivity contribution in [2.45, 2.75) is 19.4 Å². The molecular formula is C13H17NO2. The van der Waals surface area contributed by atoms with Crippen LogP contribution in [0.15, 0.2) is 24.3 Å². The third-order valence-corrected chi connectivity index (χ3v) is 2.83. The van der Waals surface area contributed by atoms with Gasteiger partial charge in [0.15, 0.2) is 6.29 Å². The quantitative estimate of drug-likeness (QED) is 0.713. The highest BCUT2D eigenvalue weighted by atomic mass is 16.5. The molecule has 3 nitrogen and oxygen atoms in total.